The Bertz CT molecular complexity index is 1160. The molecule has 1 aromatic carbocycles. The van der Waals surface area contributed by atoms with Crippen molar-refractivity contribution in [1.82, 2.24) is 15.3 Å². The second-order valence-electron chi connectivity index (χ2n) is 7.45. The van der Waals surface area contributed by atoms with Gasteiger partial charge in [-0.3, -0.25) is 24.2 Å². The number of H-pyrrole nitrogens is 1. The first-order valence-corrected chi connectivity index (χ1v) is 10.2. The first kappa shape index (κ1) is 27.9. The number of amides is 2. The predicted octanol–water partition coefficient (Wildman–Crippen LogP) is -1.11. The van der Waals surface area contributed by atoms with Gasteiger partial charge in [-0.2, -0.15) is 4.98 Å². The van der Waals surface area contributed by atoms with E-state index in [2.05, 4.69) is 25.9 Å². The van der Waals surface area contributed by atoms with Gasteiger partial charge in [0.1, 0.15) is 6.04 Å². The van der Waals surface area contributed by atoms with Gasteiger partial charge < -0.3 is 36.8 Å². The molecule has 2 atom stereocenters. The molecular weight excluding hydrogens is 490 g/mol. The van der Waals surface area contributed by atoms with Gasteiger partial charge in [-0.15, -0.1) is 0 Å². The third-order valence-electron chi connectivity index (χ3n) is 5.12. The summed E-state index contributed by atoms with van der Waals surface area (Å²) in [6, 6.07) is 4.36. The van der Waals surface area contributed by atoms with Gasteiger partial charge in [0.2, 0.25) is 12.4 Å². The van der Waals surface area contributed by atoms with E-state index in [1.54, 1.807) is 12.1 Å². The number of carbonyl (C=O) groups is 4. The number of anilines is 4. The summed E-state index contributed by atoms with van der Waals surface area (Å²) in [6.45, 7) is 0.568. The maximum Gasteiger partial charge on any atom is 0.326 e. The molecule has 1 aliphatic rings. The minimum atomic E-state index is -1.33. The van der Waals surface area contributed by atoms with Gasteiger partial charge in [-0.1, -0.05) is 0 Å². The second kappa shape index (κ2) is 12.4. The Morgan fingerprint density at radius 2 is 1.94 bits per heavy atom. The molecule has 2 heterocycles. The van der Waals surface area contributed by atoms with Crippen molar-refractivity contribution in [3.63, 3.8) is 0 Å². The first-order valence-electron chi connectivity index (χ1n) is 10.2. The molecule has 0 saturated carbocycles. The second-order valence-corrected chi connectivity index (χ2v) is 7.45. The Kier molecular flexibility index (Phi) is 9.86. The molecule has 14 nitrogen and oxygen atoms in total. The predicted molar refractivity (Wildman–Crippen MR) is 127 cm³/mol. The van der Waals surface area contributed by atoms with E-state index in [9.17, 15) is 29.1 Å². The normalized spacial score (nSPS) is 15.0. The van der Waals surface area contributed by atoms with Crippen LogP contribution in [0.15, 0.2) is 29.1 Å². The molecular formula is C20H23CaN7O7. The van der Waals surface area contributed by atoms with Gasteiger partial charge in [-0.05, 0) is 30.7 Å². The van der Waals surface area contributed by atoms with Crippen molar-refractivity contribution >= 4 is 85.1 Å². The molecule has 182 valence electrons. The van der Waals surface area contributed by atoms with Gasteiger partial charge in [0.05, 0.1) is 6.04 Å². The average Bonchev–Trinajstić information content (AvgIpc) is 2.79. The van der Waals surface area contributed by atoms with Crippen LogP contribution in [0.3, 0.4) is 0 Å². The average molecular weight is 514 g/mol. The Balaban J connectivity index is 0.00000432. The summed E-state index contributed by atoms with van der Waals surface area (Å²) in [7, 11) is 0. The van der Waals surface area contributed by atoms with Crippen LogP contribution in [0.1, 0.15) is 23.2 Å². The Labute approximate surface area is 228 Å². The van der Waals surface area contributed by atoms with E-state index < -0.39 is 41.9 Å². The molecule has 0 spiro atoms. The zero-order valence-corrected chi connectivity index (χ0v) is 20.7. The topological polar surface area (TPSA) is 220 Å². The number of fused-ring (bicyclic) bond motifs is 1. The van der Waals surface area contributed by atoms with Gasteiger partial charge in [0.15, 0.2) is 11.5 Å². The summed E-state index contributed by atoms with van der Waals surface area (Å²) >= 11 is 0. The minimum Gasteiger partial charge on any atom is -0.481 e. The summed E-state index contributed by atoms with van der Waals surface area (Å²) in [6.07, 6.45) is -0.101. The summed E-state index contributed by atoms with van der Waals surface area (Å²) in [5.41, 5.74) is 5.84. The van der Waals surface area contributed by atoms with Crippen LogP contribution in [0.2, 0.25) is 0 Å². The number of nitrogen functional groups attached to an aromatic ring is 1. The molecule has 1 aromatic heterocycles. The van der Waals surface area contributed by atoms with Crippen LogP contribution in [-0.2, 0) is 14.4 Å². The van der Waals surface area contributed by atoms with Crippen LogP contribution in [0, 0.1) is 0 Å². The van der Waals surface area contributed by atoms with Crippen LogP contribution in [0.4, 0.5) is 23.1 Å². The fourth-order valence-electron chi connectivity index (χ4n) is 3.39. The fourth-order valence-corrected chi connectivity index (χ4v) is 3.39. The minimum absolute atomic E-state index is 0. The maximum atomic E-state index is 12.3. The molecule has 0 aliphatic carbocycles. The molecule has 2 radical (unpaired) electrons. The first-order chi connectivity index (χ1) is 16.2. The third kappa shape index (κ3) is 7.07. The van der Waals surface area contributed by atoms with Crippen molar-refractivity contribution in [3.05, 3.63) is 40.2 Å². The molecule has 2 amide bonds. The van der Waals surface area contributed by atoms with Crippen molar-refractivity contribution < 1.29 is 29.4 Å². The van der Waals surface area contributed by atoms with Gasteiger partial charge >= 0.3 is 11.9 Å². The number of nitrogens with one attached hydrogen (secondary N) is 4. The van der Waals surface area contributed by atoms with Crippen LogP contribution in [0.25, 0.3) is 0 Å². The van der Waals surface area contributed by atoms with Crippen molar-refractivity contribution in [2.24, 2.45) is 0 Å². The van der Waals surface area contributed by atoms with E-state index in [0.717, 1.165) is 0 Å². The number of aromatic nitrogens is 2. The third-order valence-corrected chi connectivity index (χ3v) is 5.12. The van der Waals surface area contributed by atoms with E-state index >= 15 is 0 Å². The number of aromatic amines is 1. The monoisotopic (exact) mass is 513 g/mol. The quantitative estimate of drug-likeness (QED) is 0.149. The molecule has 1 unspecified atom stereocenters. The zero-order chi connectivity index (χ0) is 24.8. The number of nitrogens with zero attached hydrogens (tertiary/aromatic N) is 2. The number of aliphatic carboxylic acids is 2. The largest absolute Gasteiger partial charge is 0.481 e. The number of carboxylic acids is 2. The molecule has 0 saturated heterocycles. The Morgan fingerprint density at radius 1 is 1.26 bits per heavy atom. The molecule has 35 heavy (non-hydrogen) atoms. The number of carbonyl (C=O) groups excluding carboxylic acids is 2. The zero-order valence-electron chi connectivity index (χ0n) is 18.5. The number of carboxylic acid groups (broad SMARTS) is 2. The SMILES string of the molecule is Nc1nc2c(c(=O)[nH]1)N(C=O)C(CNc1ccc(C(=O)N[C@@H](CCC(=O)O)C(=O)O)cc1)CN2.[Ca]. The summed E-state index contributed by atoms with van der Waals surface area (Å²) in [5.74, 6) is -3.00. The molecule has 1 aliphatic heterocycles. The van der Waals surface area contributed by atoms with Crippen molar-refractivity contribution in [1.29, 1.82) is 0 Å². The number of nitrogens with two attached hydrogens (primary N) is 1. The van der Waals surface area contributed by atoms with Crippen LogP contribution in [0.5, 0.6) is 0 Å². The maximum absolute atomic E-state index is 12.3. The molecule has 3 rings (SSSR count). The molecule has 2 aromatic rings. The van der Waals surface area contributed by atoms with Crippen LogP contribution in [-0.4, -0.2) is 107 Å². The Hall–Kier alpha value is -3.36. The number of hydrogen-bond acceptors (Lipinski definition) is 9. The van der Waals surface area contributed by atoms with E-state index in [-0.39, 0.29) is 73.7 Å². The van der Waals surface area contributed by atoms with Crippen LogP contribution >= 0.6 is 0 Å². The van der Waals surface area contributed by atoms with E-state index in [1.807, 2.05) is 0 Å². The number of benzene rings is 1. The van der Waals surface area contributed by atoms with E-state index in [4.69, 9.17) is 10.8 Å². The smallest absolute Gasteiger partial charge is 0.326 e. The molecule has 0 bridgehead atoms. The summed E-state index contributed by atoms with van der Waals surface area (Å²) in [4.78, 5) is 65.7. The van der Waals surface area contributed by atoms with Gasteiger partial charge in [0.25, 0.3) is 11.5 Å². The molecule has 0 fully saturated rings. The standard InChI is InChI=1S/C20H23N7O7.Ca/c21-20-25-16-15(18(32)26-20)27(9-28)12(8-23-16)7-22-11-3-1-10(2-4-11)17(31)24-13(19(33)34)5-6-14(29)30;/h1-4,9,12-13,22H,5-8H2,(H,24,31)(H,29,30)(H,33,34)(H4,21,23,25,26,32);/t12?,13-;/m0./s1. The Morgan fingerprint density at radius 3 is 2.54 bits per heavy atom. The van der Waals surface area contributed by atoms with E-state index in [0.29, 0.717) is 18.6 Å². The number of rotatable bonds is 10. The molecule has 8 N–H and O–H groups in total. The fraction of sp³-hybridized carbons (Fsp3) is 0.300. The molecule has 15 heteroatoms. The number of hydrogen-bond donors (Lipinski definition) is 7. The summed E-state index contributed by atoms with van der Waals surface area (Å²) < 4.78 is 0. The van der Waals surface area contributed by atoms with Crippen molar-refractivity contribution in [3.8, 4) is 0 Å². The summed E-state index contributed by atoms with van der Waals surface area (Å²) in [5, 5.41) is 26.3. The van der Waals surface area contributed by atoms with Gasteiger partial charge in [0, 0.05) is 68.5 Å². The van der Waals surface area contributed by atoms with Crippen LogP contribution < -0.4 is 32.1 Å². The van der Waals surface area contributed by atoms with E-state index in [1.165, 1.54) is 17.0 Å². The van der Waals surface area contributed by atoms with Gasteiger partial charge in [-0.25, -0.2) is 4.79 Å². The van der Waals surface area contributed by atoms with Crippen molar-refractivity contribution in [2.45, 2.75) is 24.9 Å². The van der Waals surface area contributed by atoms with Crippen molar-refractivity contribution in [2.75, 3.05) is 34.4 Å².